The van der Waals surface area contributed by atoms with Crippen LogP contribution < -0.4 is 5.32 Å². The Labute approximate surface area is 129 Å². The SMILES string of the molecule is CCc1nnc(CSc2cccc(CNCCOC)c2)o1. The van der Waals surface area contributed by atoms with Crippen molar-refractivity contribution in [1.82, 2.24) is 15.5 Å². The number of benzene rings is 1. The normalized spacial score (nSPS) is 11.0. The summed E-state index contributed by atoms with van der Waals surface area (Å²) in [6, 6.07) is 8.47. The van der Waals surface area contributed by atoms with Crippen molar-refractivity contribution in [3.63, 3.8) is 0 Å². The molecule has 6 heteroatoms. The van der Waals surface area contributed by atoms with Gasteiger partial charge in [-0.1, -0.05) is 19.1 Å². The van der Waals surface area contributed by atoms with Crippen LogP contribution in [0, 0.1) is 0 Å². The van der Waals surface area contributed by atoms with Crippen LogP contribution in [0.5, 0.6) is 0 Å². The number of hydrogen-bond acceptors (Lipinski definition) is 6. The number of nitrogens with one attached hydrogen (secondary N) is 1. The van der Waals surface area contributed by atoms with Gasteiger partial charge in [-0.15, -0.1) is 22.0 Å². The van der Waals surface area contributed by atoms with E-state index in [1.807, 2.05) is 6.92 Å². The van der Waals surface area contributed by atoms with Crippen molar-refractivity contribution in [2.75, 3.05) is 20.3 Å². The zero-order valence-corrected chi connectivity index (χ0v) is 13.3. The van der Waals surface area contributed by atoms with E-state index in [2.05, 4.69) is 39.8 Å². The van der Waals surface area contributed by atoms with E-state index < -0.39 is 0 Å². The molecule has 0 unspecified atom stereocenters. The van der Waals surface area contributed by atoms with E-state index in [1.165, 1.54) is 10.5 Å². The minimum atomic E-state index is 0.681. The van der Waals surface area contributed by atoms with Gasteiger partial charge in [0.2, 0.25) is 11.8 Å². The predicted octanol–water partition coefficient (Wildman–Crippen LogP) is 2.66. The molecular formula is C15H21N3O2S. The number of hydrogen-bond donors (Lipinski definition) is 1. The second kappa shape index (κ2) is 8.81. The van der Waals surface area contributed by atoms with Crippen molar-refractivity contribution in [3.8, 4) is 0 Å². The highest BCUT2D eigenvalue weighted by atomic mass is 32.2. The van der Waals surface area contributed by atoms with Crippen LogP contribution in [0.1, 0.15) is 24.3 Å². The van der Waals surface area contributed by atoms with Gasteiger partial charge in [0.05, 0.1) is 12.4 Å². The summed E-state index contributed by atoms with van der Waals surface area (Å²) in [6.07, 6.45) is 0.778. The first kappa shape index (κ1) is 16.0. The fourth-order valence-electron chi connectivity index (χ4n) is 1.79. The van der Waals surface area contributed by atoms with Gasteiger partial charge in [0.15, 0.2) is 0 Å². The molecule has 1 aromatic carbocycles. The summed E-state index contributed by atoms with van der Waals surface area (Å²) in [5, 5.41) is 11.3. The van der Waals surface area contributed by atoms with Crippen LogP contribution in [0.3, 0.4) is 0 Å². The maximum absolute atomic E-state index is 5.51. The van der Waals surface area contributed by atoms with Gasteiger partial charge in [-0.3, -0.25) is 0 Å². The van der Waals surface area contributed by atoms with Crippen LogP contribution in [0.25, 0.3) is 0 Å². The molecule has 0 fully saturated rings. The smallest absolute Gasteiger partial charge is 0.226 e. The van der Waals surface area contributed by atoms with Crippen LogP contribution in [0.2, 0.25) is 0 Å². The fraction of sp³-hybridized carbons (Fsp3) is 0.467. The number of methoxy groups -OCH3 is 1. The Balaban J connectivity index is 1.82. The summed E-state index contributed by atoms with van der Waals surface area (Å²) in [5.74, 6) is 2.08. The number of ether oxygens (including phenoxy) is 1. The summed E-state index contributed by atoms with van der Waals surface area (Å²) in [7, 11) is 1.71. The van der Waals surface area contributed by atoms with E-state index >= 15 is 0 Å². The van der Waals surface area contributed by atoms with Crippen molar-refractivity contribution in [2.45, 2.75) is 30.5 Å². The van der Waals surface area contributed by atoms with Gasteiger partial charge >= 0.3 is 0 Å². The summed E-state index contributed by atoms with van der Waals surface area (Å²) in [5.41, 5.74) is 1.26. The first-order valence-electron chi connectivity index (χ1n) is 7.04. The van der Waals surface area contributed by atoms with Gasteiger partial charge in [-0.25, -0.2) is 0 Å². The van der Waals surface area contributed by atoms with Crippen LogP contribution in [0.4, 0.5) is 0 Å². The first-order chi connectivity index (χ1) is 10.3. The third-order valence-electron chi connectivity index (χ3n) is 2.88. The molecule has 0 spiro atoms. The first-order valence-corrected chi connectivity index (χ1v) is 8.03. The Kier molecular flexibility index (Phi) is 6.72. The van der Waals surface area contributed by atoms with Gasteiger partial charge in [0.25, 0.3) is 0 Å². The van der Waals surface area contributed by atoms with Crippen molar-refractivity contribution < 1.29 is 9.15 Å². The summed E-state index contributed by atoms with van der Waals surface area (Å²) in [4.78, 5) is 1.21. The van der Waals surface area contributed by atoms with Crippen LogP contribution in [-0.4, -0.2) is 30.5 Å². The van der Waals surface area contributed by atoms with E-state index in [-0.39, 0.29) is 0 Å². The Hall–Kier alpha value is -1.37. The van der Waals surface area contributed by atoms with E-state index in [1.54, 1.807) is 18.9 Å². The highest BCUT2D eigenvalue weighted by molar-refractivity contribution is 7.98. The lowest BCUT2D eigenvalue weighted by Crippen LogP contribution is -2.18. The van der Waals surface area contributed by atoms with Gasteiger partial charge in [-0.05, 0) is 17.7 Å². The summed E-state index contributed by atoms with van der Waals surface area (Å²) < 4.78 is 10.5. The standard InChI is InChI=1S/C15H21N3O2S/c1-3-14-17-18-15(20-14)11-21-13-6-4-5-12(9-13)10-16-7-8-19-2/h4-6,9,16H,3,7-8,10-11H2,1-2H3. The topological polar surface area (TPSA) is 60.2 Å². The lowest BCUT2D eigenvalue weighted by atomic mass is 10.2. The molecular weight excluding hydrogens is 286 g/mol. The average molecular weight is 307 g/mol. The second-order valence-corrected chi connectivity index (χ2v) is 5.60. The van der Waals surface area contributed by atoms with Crippen molar-refractivity contribution in [1.29, 1.82) is 0 Å². The number of aryl methyl sites for hydroxylation is 1. The van der Waals surface area contributed by atoms with Gasteiger partial charge in [0, 0.05) is 31.5 Å². The molecule has 2 aromatic rings. The highest BCUT2D eigenvalue weighted by Gasteiger charge is 2.05. The third kappa shape index (κ3) is 5.49. The minimum Gasteiger partial charge on any atom is -0.424 e. The number of nitrogens with zero attached hydrogens (tertiary/aromatic N) is 2. The fourth-order valence-corrected chi connectivity index (χ4v) is 2.60. The molecule has 0 radical (unpaired) electrons. The van der Waals surface area contributed by atoms with Crippen molar-refractivity contribution >= 4 is 11.8 Å². The second-order valence-electron chi connectivity index (χ2n) is 4.55. The molecule has 1 N–H and O–H groups in total. The largest absolute Gasteiger partial charge is 0.424 e. The minimum absolute atomic E-state index is 0.681. The average Bonchev–Trinajstić information content (AvgIpc) is 2.98. The molecule has 114 valence electrons. The van der Waals surface area contributed by atoms with Crippen LogP contribution in [0.15, 0.2) is 33.6 Å². The van der Waals surface area contributed by atoms with Gasteiger partial charge in [0.1, 0.15) is 0 Å². The molecule has 0 aliphatic rings. The molecule has 0 saturated heterocycles. The van der Waals surface area contributed by atoms with Crippen LogP contribution >= 0.6 is 11.8 Å². The van der Waals surface area contributed by atoms with E-state index in [4.69, 9.17) is 9.15 Å². The van der Waals surface area contributed by atoms with Gasteiger partial charge < -0.3 is 14.5 Å². The monoisotopic (exact) mass is 307 g/mol. The quantitative estimate of drug-likeness (QED) is 0.568. The highest BCUT2D eigenvalue weighted by Crippen LogP contribution is 2.23. The third-order valence-corrected chi connectivity index (χ3v) is 3.86. The van der Waals surface area contributed by atoms with Gasteiger partial charge in [-0.2, -0.15) is 0 Å². The lowest BCUT2D eigenvalue weighted by Gasteiger charge is -2.06. The Morgan fingerprint density at radius 1 is 1.29 bits per heavy atom. The molecule has 2 rings (SSSR count). The zero-order valence-electron chi connectivity index (χ0n) is 12.5. The maximum atomic E-state index is 5.51. The molecule has 0 bridgehead atoms. The molecule has 0 amide bonds. The lowest BCUT2D eigenvalue weighted by molar-refractivity contribution is 0.199. The molecule has 21 heavy (non-hydrogen) atoms. The van der Waals surface area contributed by atoms with Crippen molar-refractivity contribution in [2.24, 2.45) is 0 Å². The Morgan fingerprint density at radius 3 is 2.90 bits per heavy atom. The van der Waals surface area contributed by atoms with E-state index in [0.29, 0.717) is 17.5 Å². The number of thioether (sulfide) groups is 1. The van der Waals surface area contributed by atoms with Crippen molar-refractivity contribution in [3.05, 3.63) is 41.6 Å². The van der Waals surface area contributed by atoms with Crippen LogP contribution in [-0.2, 0) is 23.5 Å². The zero-order chi connectivity index (χ0) is 14.9. The van der Waals surface area contributed by atoms with E-state index in [9.17, 15) is 0 Å². The Bertz CT molecular complexity index is 545. The predicted molar refractivity (Wildman–Crippen MR) is 83.3 cm³/mol. The number of aromatic nitrogens is 2. The summed E-state index contributed by atoms with van der Waals surface area (Å²) in [6.45, 7) is 4.43. The Morgan fingerprint density at radius 2 is 2.14 bits per heavy atom. The molecule has 0 saturated carbocycles. The molecule has 5 nitrogen and oxygen atoms in total. The summed E-state index contributed by atoms with van der Waals surface area (Å²) >= 11 is 1.71. The molecule has 1 heterocycles. The molecule has 1 aromatic heterocycles. The maximum Gasteiger partial charge on any atom is 0.226 e. The number of rotatable bonds is 9. The molecule has 0 aliphatic heterocycles. The molecule has 0 atom stereocenters. The molecule has 0 aliphatic carbocycles. The van der Waals surface area contributed by atoms with E-state index in [0.717, 1.165) is 26.1 Å².